The van der Waals surface area contributed by atoms with E-state index in [9.17, 15) is 0 Å². The van der Waals surface area contributed by atoms with Gasteiger partial charge in [0.2, 0.25) is 0 Å². The lowest BCUT2D eigenvalue weighted by atomic mass is 10.1. The normalized spacial score (nSPS) is 10.5. The number of rotatable bonds is 2. The summed E-state index contributed by atoms with van der Waals surface area (Å²) in [6.45, 7) is 0. The predicted octanol–water partition coefficient (Wildman–Crippen LogP) is 3.87. The first-order chi connectivity index (χ1) is 7.95. The van der Waals surface area contributed by atoms with Crippen LogP contribution < -0.4 is 0 Å². The minimum Gasteiger partial charge on any atom is -0.354 e. The number of hydrogen-bond donors (Lipinski definition) is 0. The van der Waals surface area contributed by atoms with E-state index < -0.39 is 0 Å². The van der Waals surface area contributed by atoms with E-state index in [1.54, 1.807) is 11.3 Å². The Hall–Kier alpha value is -1.87. The van der Waals surface area contributed by atoms with Gasteiger partial charge in [-0.05, 0) is 17.0 Å². The summed E-state index contributed by atoms with van der Waals surface area (Å²) in [5.74, 6) is 0.793. The van der Waals surface area contributed by atoms with Crippen molar-refractivity contribution in [2.75, 3.05) is 0 Å². The Morgan fingerprint density at radius 1 is 1.06 bits per heavy atom. The molecule has 0 saturated carbocycles. The van der Waals surface area contributed by atoms with E-state index in [-0.39, 0.29) is 0 Å². The number of benzene rings is 1. The standard InChI is InChI=1S/C13H8NOS/c1-2-5-10(6-3-1)11-9-14-15-13(11)12-7-4-8-16-12/h1-8H. The molecule has 0 N–H and O–H groups in total. The van der Waals surface area contributed by atoms with Crippen molar-refractivity contribution in [3.05, 3.63) is 54.0 Å². The minimum atomic E-state index is 0.793. The SMILES string of the molecule is [c]1noc(-c2cccs2)c1-c1ccccc1. The molecule has 0 fully saturated rings. The Balaban J connectivity index is 2.14. The van der Waals surface area contributed by atoms with Gasteiger partial charge in [-0.25, -0.2) is 0 Å². The van der Waals surface area contributed by atoms with Crippen LogP contribution in [0.4, 0.5) is 0 Å². The predicted molar refractivity (Wildman–Crippen MR) is 64.1 cm³/mol. The number of thiophene rings is 1. The van der Waals surface area contributed by atoms with E-state index in [1.165, 1.54) is 0 Å². The molecule has 0 bridgehead atoms. The van der Waals surface area contributed by atoms with Crippen LogP contribution in [0.2, 0.25) is 0 Å². The third kappa shape index (κ3) is 1.55. The largest absolute Gasteiger partial charge is 0.354 e. The van der Waals surface area contributed by atoms with Gasteiger partial charge >= 0.3 is 0 Å². The maximum absolute atomic E-state index is 5.27. The molecular weight excluding hydrogens is 218 g/mol. The lowest BCUT2D eigenvalue weighted by molar-refractivity contribution is 0.432. The van der Waals surface area contributed by atoms with Crippen molar-refractivity contribution < 1.29 is 4.52 Å². The molecule has 3 heteroatoms. The van der Waals surface area contributed by atoms with Crippen LogP contribution >= 0.6 is 11.3 Å². The molecule has 0 aliphatic heterocycles. The topological polar surface area (TPSA) is 26.0 Å². The Morgan fingerprint density at radius 2 is 1.94 bits per heavy atom. The lowest BCUT2D eigenvalue weighted by Gasteiger charge is -1.97. The highest BCUT2D eigenvalue weighted by Crippen LogP contribution is 2.33. The highest BCUT2D eigenvalue weighted by atomic mass is 32.1. The summed E-state index contributed by atoms with van der Waals surface area (Å²) in [4.78, 5) is 1.08. The van der Waals surface area contributed by atoms with Gasteiger partial charge in [0.25, 0.3) is 0 Å². The average Bonchev–Trinajstić information content (AvgIpc) is 3.01. The number of nitrogens with zero attached hydrogens (tertiary/aromatic N) is 1. The van der Waals surface area contributed by atoms with Gasteiger partial charge in [-0.1, -0.05) is 41.6 Å². The van der Waals surface area contributed by atoms with Crippen molar-refractivity contribution in [1.29, 1.82) is 0 Å². The molecule has 0 aliphatic rings. The molecule has 1 aromatic carbocycles. The van der Waals surface area contributed by atoms with Crippen LogP contribution in [-0.4, -0.2) is 5.16 Å². The van der Waals surface area contributed by atoms with E-state index in [2.05, 4.69) is 11.4 Å². The van der Waals surface area contributed by atoms with Gasteiger partial charge in [-0.2, -0.15) is 0 Å². The molecule has 0 spiro atoms. The zero-order valence-electron chi connectivity index (χ0n) is 8.38. The quantitative estimate of drug-likeness (QED) is 0.663. The fraction of sp³-hybridized carbons (Fsp3) is 0. The van der Waals surface area contributed by atoms with Crippen molar-refractivity contribution in [1.82, 2.24) is 5.16 Å². The van der Waals surface area contributed by atoms with Gasteiger partial charge in [-0.15, -0.1) is 11.3 Å². The van der Waals surface area contributed by atoms with Crippen molar-refractivity contribution >= 4 is 11.3 Å². The molecule has 2 aromatic heterocycles. The van der Waals surface area contributed by atoms with Crippen molar-refractivity contribution in [2.45, 2.75) is 0 Å². The first-order valence-corrected chi connectivity index (χ1v) is 5.80. The molecule has 2 nitrogen and oxygen atoms in total. The Labute approximate surface area is 97.2 Å². The average molecular weight is 226 g/mol. The maximum atomic E-state index is 5.27. The van der Waals surface area contributed by atoms with Crippen molar-refractivity contribution in [3.8, 4) is 21.8 Å². The van der Waals surface area contributed by atoms with E-state index in [1.807, 2.05) is 47.8 Å². The van der Waals surface area contributed by atoms with Crippen LogP contribution in [0.15, 0.2) is 52.4 Å². The number of hydrogen-bond acceptors (Lipinski definition) is 3. The molecule has 77 valence electrons. The van der Waals surface area contributed by atoms with E-state index >= 15 is 0 Å². The molecule has 0 amide bonds. The summed E-state index contributed by atoms with van der Waals surface area (Å²) in [6.07, 6.45) is 2.90. The van der Waals surface area contributed by atoms with Gasteiger partial charge < -0.3 is 4.52 Å². The monoisotopic (exact) mass is 226 g/mol. The molecular formula is C13H8NOS. The smallest absolute Gasteiger partial charge is 0.185 e. The molecule has 0 unspecified atom stereocenters. The zero-order chi connectivity index (χ0) is 10.8. The Kier molecular flexibility index (Phi) is 2.31. The fourth-order valence-corrected chi connectivity index (χ4v) is 2.29. The van der Waals surface area contributed by atoms with Crippen molar-refractivity contribution in [3.63, 3.8) is 0 Å². The second-order valence-electron chi connectivity index (χ2n) is 3.34. The third-order valence-electron chi connectivity index (χ3n) is 2.33. The van der Waals surface area contributed by atoms with Gasteiger partial charge in [0, 0.05) is 0 Å². The summed E-state index contributed by atoms with van der Waals surface area (Å²) in [7, 11) is 0. The van der Waals surface area contributed by atoms with Gasteiger partial charge in [0.05, 0.1) is 10.4 Å². The third-order valence-corrected chi connectivity index (χ3v) is 3.20. The van der Waals surface area contributed by atoms with Crippen LogP contribution in [0.3, 0.4) is 0 Å². The number of aromatic nitrogens is 1. The molecule has 0 aliphatic carbocycles. The molecule has 16 heavy (non-hydrogen) atoms. The molecule has 2 heterocycles. The highest BCUT2D eigenvalue weighted by molar-refractivity contribution is 7.13. The summed E-state index contributed by atoms with van der Waals surface area (Å²) >= 11 is 1.64. The van der Waals surface area contributed by atoms with Gasteiger partial charge in [0.15, 0.2) is 5.76 Å². The highest BCUT2D eigenvalue weighted by Gasteiger charge is 2.13. The second-order valence-corrected chi connectivity index (χ2v) is 4.29. The summed E-state index contributed by atoms with van der Waals surface area (Å²) < 4.78 is 5.27. The summed E-state index contributed by atoms with van der Waals surface area (Å²) in [5.41, 5.74) is 2.00. The first-order valence-electron chi connectivity index (χ1n) is 4.92. The first kappa shape index (κ1) is 9.36. The summed E-state index contributed by atoms with van der Waals surface area (Å²) in [6, 6.07) is 14.0. The minimum absolute atomic E-state index is 0.793. The van der Waals surface area contributed by atoms with Gasteiger partial charge in [0.1, 0.15) is 6.20 Å². The van der Waals surface area contributed by atoms with Crippen LogP contribution in [0.1, 0.15) is 0 Å². The van der Waals surface area contributed by atoms with Crippen LogP contribution in [0, 0.1) is 6.20 Å². The maximum Gasteiger partial charge on any atom is 0.185 e. The van der Waals surface area contributed by atoms with E-state index in [4.69, 9.17) is 4.52 Å². The van der Waals surface area contributed by atoms with Crippen LogP contribution in [-0.2, 0) is 0 Å². The zero-order valence-corrected chi connectivity index (χ0v) is 9.20. The van der Waals surface area contributed by atoms with E-state index in [0.717, 1.165) is 21.8 Å². The molecule has 3 rings (SSSR count). The lowest BCUT2D eigenvalue weighted by Crippen LogP contribution is -1.76. The molecule has 1 radical (unpaired) electrons. The van der Waals surface area contributed by atoms with Crippen LogP contribution in [0.25, 0.3) is 21.8 Å². The molecule has 0 saturated heterocycles. The summed E-state index contributed by atoms with van der Waals surface area (Å²) in [5, 5.41) is 5.78. The van der Waals surface area contributed by atoms with E-state index in [0.29, 0.717) is 0 Å². The van der Waals surface area contributed by atoms with Crippen molar-refractivity contribution in [2.24, 2.45) is 0 Å². The fourth-order valence-electron chi connectivity index (χ4n) is 1.59. The Bertz CT molecular complexity index is 569. The Morgan fingerprint density at radius 3 is 2.69 bits per heavy atom. The molecule has 3 aromatic rings. The molecule has 0 atom stereocenters. The van der Waals surface area contributed by atoms with Gasteiger partial charge in [-0.3, -0.25) is 0 Å². The second kappa shape index (κ2) is 3.94. The van der Waals surface area contributed by atoms with Crippen LogP contribution in [0.5, 0.6) is 0 Å².